The Kier molecular flexibility index (Phi) is 4.70. The van der Waals surface area contributed by atoms with E-state index in [4.69, 9.17) is 4.52 Å². The number of aromatic nitrogens is 3. The zero-order chi connectivity index (χ0) is 18.6. The third kappa shape index (κ3) is 3.60. The van der Waals surface area contributed by atoms with Crippen molar-refractivity contribution in [3.8, 4) is 11.3 Å². The minimum atomic E-state index is -0.231. The highest BCUT2D eigenvalue weighted by Gasteiger charge is 2.13. The molecule has 6 heteroatoms. The van der Waals surface area contributed by atoms with Gasteiger partial charge >= 0.3 is 0 Å². The maximum absolute atomic E-state index is 12.3. The average molecular weight is 360 g/mol. The van der Waals surface area contributed by atoms with Gasteiger partial charge in [0.1, 0.15) is 5.82 Å². The average Bonchev–Trinajstić information content (AvgIpc) is 3.32. The van der Waals surface area contributed by atoms with E-state index >= 15 is 0 Å². The van der Waals surface area contributed by atoms with Crippen LogP contribution in [-0.4, -0.2) is 27.2 Å². The molecule has 6 nitrogen and oxygen atoms in total. The molecular formula is C21H20N4O2. The number of nitrogens with zero attached hydrogens (tertiary/aromatic N) is 3. The van der Waals surface area contributed by atoms with E-state index in [0.29, 0.717) is 12.3 Å². The van der Waals surface area contributed by atoms with Crippen molar-refractivity contribution in [1.29, 1.82) is 0 Å². The normalized spacial score (nSPS) is 11.0. The van der Waals surface area contributed by atoms with Crippen molar-refractivity contribution in [1.82, 2.24) is 20.0 Å². The number of para-hydroxylation sites is 2. The molecule has 0 spiro atoms. The number of nitrogens with one attached hydrogen (secondary N) is 1. The van der Waals surface area contributed by atoms with Gasteiger partial charge in [0.25, 0.3) is 5.91 Å². The molecule has 4 aromatic rings. The monoisotopic (exact) mass is 360 g/mol. The number of imidazole rings is 1. The number of carbonyl (C=O) groups excluding carboxylic acids is 1. The van der Waals surface area contributed by atoms with E-state index in [9.17, 15) is 4.79 Å². The Morgan fingerprint density at radius 3 is 2.70 bits per heavy atom. The number of benzene rings is 2. The SMILES string of the molecule is Cn1c(CCCNC(=O)c2cc(-c3ccccc3)on2)nc2ccccc21. The molecule has 0 aliphatic carbocycles. The second kappa shape index (κ2) is 7.45. The lowest BCUT2D eigenvalue weighted by molar-refractivity contribution is 0.0944. The van der Waals surface area contributed by atoms with Gasteiger partial charge < -0.3 is 14.4 Å². The summed E-state index contributed by atoms with van der Waals surface area (Å²) >= 11 is 0. The van der Waals surface area contributed by atoms with E-state index in [1.807, 2.05) is 55.6 Å². The van der Waals surface area contributed by atoms with Crippen LogP contribution in [0, 0.1) is 0 Å². The largest absolute Gasteiger partial charge is 0.355 e. The van der Waals surface area contributed by atoms with Crippen LogP contribution in [0.5, 0.6) is 0 Å². The number of hydrogen-bond donors (Lipinski definition) is 1. The summed E-state index contributed by atoms with van der Waals surface area (Å²) in [5, 5.41) is 6.76. The Balaban J connectivity index is 1.32. The Bertz CT molecular complexity index is 1070. The number of amides is 1. The first-order chi connectivity index (χ1) is 13.2. The Labute approximate surface area is 156 Å². The zero-order valence-corrected chi connectivity index (χ0v) is 15.1. The van der Waals surface area contributed by atoms with Crippen molar-refractivity contribution in [2.75, 3.05) is 6.54 Å². The Hall–Kier alpha value is -3.41. The van der Waals surface area contributed by atoms with Crippen molar-refractivity contribution >= 4 is 16.9 Å². The van der Waals surface area contributed by atoms with Gasteiger partial charge in [-0.3, -0.25) is 4.79 Å². The predicted molar refractivity (Wildman–Crippen MR) is 103 cm³/mol. The van der Waals surface area contributed by atoms with Crippen LogP contribution in [0.1, 0.15) is 22.7 Å². The van der Waals surface area contributed by atoms with Crippen molar-refractivity contribution in [3.05, 3.63) is 72.2 Å². The maximum atomic E-state index is 12.3. The minimum absolute atomic E-state index is 0.231. The van der Waals surface area contributed by atoms with E-state index in [1.54, 1.807) is 6.07 Å². The first-order valence-electron chi connectivity index (χ1n) is 8.93. The smallest absolute Gasteiger partial charge is 0.273 e. The highest BCUT2D eigenvalue weighted by molar-refractivity contribution is 5.93. The highest BCUT2D eigenvalue weighted by Crippen LogP contribution is 2.19. The first kappa shape index (κ1) is 17.0. The maximum Gasteiger partial charge on any atom is 0.273 e. The molecular weight excluding hydrogens is 340 g/mol. The summed E-state index contributed by atoms with van der Waals surface area (Å²) in [6, 6.07) is 19.3. The lowest BCUT2D eigenvalue weighted by atomic mass is 10.1. The van der Waals surface area contributed by atoms with Crippen molar-refractivity contribution in [2.45, 2.75) is 12.8 Å². The number of hydrogen-bond acceptors (Lipinski definition) is 4. The first-order valence-corrected chi connectivity index (χ1v) is 8.93. The fraction of sp³-hybridized carbons (Fsp3) is 0.190. The van der Waals surface area contributed by atoms with E-state index in [-0.39, 0.29) is 11.6 Å². The van der Waals surface area contributed by atoms with E-state index in [2.05, 4.69) is 26.1 Å². The fourth-order valence-corrected chi connectivity index (χ4v) is 3.08. The van der Waals surface area contributed by atoms with Crippen LogP contribution in [0.25, 0.3) is 22.4 Å². The second-order valence-corrected chi connectivity index (χ2v) is 6.38. The fourth-order valence-electron chi connectivity index (χ4n) is 3.08. The Morgan fingerprint density at radius 1 is 1.11 bits per heavy atom. The summed E-state index contributed by atoms with van der Waals surface area (Å²) in [6.45, 7) is 0.551. The molecule has 2 aromatic heterocycles. The molecule has 0 radical (unpaired) electrons. The molecule has 2 aromatic carbocycles. The van der Waals surface area contributed by atoms with Gasteiger partial charge in [-0.2, -0.15) is 0 Å². The van der Waals surface area contributed by atoms with Crippen LogP contribution >= 0.6 is 0 Å². The summed E-state index contributed by atoms with van der Waals surface area (Å²) in [5.74, 6) is 1.37. The predicted octanol–water partition coefficient (Wildman–Crippen LogP) is 3.59. The summed E-state index contributed by atoms with van der Waals surface area (Å²) in [4.78, 5) is 16.9. The molecule has 1 amide bonds. The second-order valence-electron chi connectivity index (χ2n) is 6.38. The van der Waals surface area contributed by atoms with Gasteiger partial charge in [0, 0.05) is 31.6 Å². The van der Waals surface area contributed by atoms with Gasteiger partial charge in [-0.05, 0) is 18.6 Å². The van der Waals surface area contributed by atoms with Crippen LogP contribution in [0.3, 0.4) is 0 Å². The topological polar surface area (TPSA) is 73.0 Å². The van der Waals surface area contributed by atoms with Gasteiger partial charge in [-0.1, -0.05) is 47.6 Å². The summed E-state index contributed by atoms with van der Waals surface area (Å²) in [7, 11) is 2.02. The molecule has 0 saturated heterocycles. The summed E-state index contributed by atoms with van der Waals surface area (Å²) in [6.07, 6.45) is 1.59. The van der Waals surface area contributed by atoms with Gasteiger partial charge in [0.05, 0.1) is 11.0 Å². The highest BCUT2D eigenvalue weighted by atomic mass is 16.5. The third-order valence-corrected chi connectivity index (χ3v) is 4.54. The molecule has 0 aliphatic heterocycles. The van der Waals surface area contributed by atoms with E-state index < -0.39 is 0 Å². The number of carbonyl (C=O) groups is 1. The van der Waals surface area contributed by atoms with Crippen LogP contribution in [0.2, 0.25) is 0 Å². The quantitative estimate of drug-likeness (QED) is 0.533. The van der Waals surface area contributed by atoms with Crippen LogP contribution < -0.4 is 5.32 Å². The molecule has 0 unspecified atom stereocenters. The molecule has 0 aliphatic rings. The number of fused-ring (bicyclic) bond motifs is 1. The number of aryl methyl sites for hydroxylation is 2. The van der Waals surface area contributed by atoms with Crippen LogP contribution in [0.4, 0.5) is 0 Å². The molecule has 136 valence electrons. The molecule has 0 saturated carbocycles. The van der Waals surface area contributed by atoms with Crippen LogP contribution in [-0.2, 0) is 13.5 Å². The standard InChI is InChI=1S/C21H20N4O2/c1-25-18-11-6-5-10-16(18)23-20(25)12-7-13-22-21(26)17-14-19(27-24-17)15-8-3-2-4-9-15/h2-6,8-11,14H,7,12-13H2,1H3,(H,22,26). The molecule has 4 rings (SSSR count). The third-order valence-electron chi connectivity index (χ3n) is 4.54. The van der Waals surface area contributed by atoms with Crippen molar-refractivity contribution < 1.29 is 9.32 Å². The molecule has 2 heterocycles. The van der Waals surface area contributed by atoms with Crippen LogP contribution in [0.15, 0.2) is 65.2 Å². The molecule has 0 bridgehead atoms. The minimum Gasteiger partial charge on any atom is -0.355 e. The van der Waals surface area contributed by atoms with Gasteiger partial charge in [-0.15, -0.1) is 0 Å². The summed E-state index contributed by atoms with van der Waals surface area (Å²) < 4.78 is 7.37. The van der Waals surface area contributed by atoms with E-state index in [1.165, 1.54) is 0 Å². The van der Waals surface area contributed by atoms with Gasteiger partial charge in [-0.25, -0.2) is 4.98 Å². The van der Waals surface area contributed by atoms with E-state index in [0.717, 1.165) is 35.3 Å². The van der Waals surface area contributed by atoms with Crippen molar-refractivity contribution in [2.24, 2.45) is 7.05 Å². The van der Waals surface area contributed by atoms with Crippen molar-refractivity contribution in [3.63, 3.8) is 0 Å². The van der Waals surface area contributed by atoms with Gasteiger partial charge in [0.2, 0.25) is 0 Å². The Morgan fingerprint density at radius 2 is 1.89 bits per heavy atom. The lowest BCUT2D eigenvalue weighted by Gasteiger charge is -2.04. The van der Waals surface area contributed by atoms with Gasteiger partial charge in [0.15, 0.2) is 11.5 Å². The summed E-state index contributed by atoms with van der Waals surface area (Å²) in [5.41, 5.74) is 3.30. The molecule has 27 heavy (non-hydrogen) atoms. The zero-order valence-electron chi connectivity index (χ0n) is 15.1. The lowest BCUT2D eigenvalue weighted by Crippen LogP contribution is -2.25. The molecule has 0 atom stereocenters. The number of rotatable bonds is 6. The molecule has 0 fully saturated rings. The molecule has 1 N–H and O–H groups in total.